The summed E-state index contributed by atoms with van der Waals surface area (Å²) < 4.78 is 11.2. The molecule has 0 spiro atoms. The van der Waals surface area contributed by atoms with Gasteiger partial charge in [0, 0.05) is 11.4 Å². The zero-order valence-electron chi connectivity index (χ0n) is 13.4. The van der Waals surface area contributed by atoms with Gasteiger partial charge >= 0.3 is 0 Å². The van der Waals surface area contributed by atoms with Crippen molar-refractivity contribution in [2.24, 2.45) is 0 Å². The predicted octanol–water partition coefficient (Wildman–Crippen LogP) is 5.19. The molecule has 0 saturated carbocycles. The van der Waals surface area contributed by atoms with Gasteiger partial charge in [-0.1, -0.05) is 35.3 Å². The van der Waals surface area contributed by atoms with Gasteiger partial charge < -0.3 is 14.8 Å². The third kappa shape index (κ3) is 5.62. The minimum atomic E-state index is -0.124. The Morgan fingerprint density at radius 1 is 1.08 bits per heavy atom. The smallest absolute Gasteiger partial charge is 0.224 e. The van der Waals surface area contributed by atoms with E-state index in [1.54, 1.807) is 18.2 Å². The first-order chi connectivity index (χ1) is 11.6. The molecule has 0 heterocycles. The summed E-state index contributed by atoms with van der Waals surface area (Å²) in [6.45, 7) is 2.92. The Hall–Kier alpha value is -1.91. The van der Waals surface area contributed by atoms with Gasteiger partial charge in [-0.05, 0) is 43.7 Å². The molecule has 0 radical (unpaired) electrons. The largest absolute Gasteiger partial charge is 0.490 e. The number of anilines is 1. The first-order valence-corrected chi connectivity index (χ1v) is 8.45. The Kier molecular flexibility index (Phi) is 7.22. The van der Waals surface area contributed by atoms with Crippen LogP contribution in [-0.4, -0.2) is 19.1 Å². The molecule has 2 aromatic rings. The molecule has 0 unspecified atom stereocenters. The number of halogens is 2. The van der Waals surface area contributed by atoms with Crippen molar-refractivity contribution in [3.8, 4) is 11.5 Å². The lowest BCUT2D eigenvalue weighted by atomic mass is 10.2. The number of amides is 1. The maximum Gasteiger partial charge on any atom is 0.224 e. The normalized spacial score (nSPS) is 10.3. The van der Waals surface area contributed by atoms with Crippen LogP contribution in [0.5, 0.6) is 11.5 Å². The Balaban J connectivity index is 1.77. The molecule has 4 nitrogen and oxygen atoms in total. The van der Waals surface area contributed by atoms with Crippen molar-refractivity contribution < 1.29 is 14.3 Å². The molecule has 2 aromatic carbocycles. The number of para-hydroxylation sites is 2. The van der Waals surface area contributed by atoms with Crippen LogP contribution in [0.1, 0.15) is 19.8 Å². The number of benzene rings is 2. The van der Waals surface area contributed by atoms with Crippen molar-refractivity contribution in [3.63, 3.8) is 0 Å². The average Bonchev–Trinajstić information content (AvgIpc) is 2.56. The summed E-state index contributed by atoms with van der Waals surface area (Å²) in [6.07, 6.45) is 0.910. The molecule has 24 heavy (non-hydrogen) atoms. The number of hydrogen-bond donors (Lipinski definition) is 1. The van der Waals surface area contributed by atoms with Gasteiger partial charge in [0.15, 0.2) is 11.5 Å². The molecule has 2 rings (SSSR count). The summed E-state index contributed by atoms with van der Waals surface area (Å²) >= 11 is 11.8. The van der Waals surface area contributed by atoms with E-state index in [0.717, 1.165) is 0 Å². The van der Waals surface area contributed by atoms with Gasteiger partial charge in [-0.3, -0.25) is 4.79 Å². The van der Waals surface area contributed by atoms with Gasteiger partial charge in [0.1, 0.15) is 0 Å². The minimum Gasteiger partial charge on any atom is -0.490 e. The van der Waals surface area contributed by atoms with Crippen LogP contribution in [-0.2, 0) is 4.79 Å². The fraction of sp³-hybridized carbons (Fsp3) is 0.278. The monoisotopic (exact) mass is 367 g/mol. The number of carbonyl (C=O) groups is 1. The van der Waals surface area contributed by atoms with Crippen LogP contribution in [0.4, 0.5) is 5.69 Å². The summed E-state index contributed by atoms with van der Waals surface area (Å²) in [6, 6.07) is 12.4. The molecule has 0 aliphatic carbocycles. The zero-order valence-corrected chi connectivity index (χ0v) is 14.9. The summed E-state index contributed by atoms with van der Waals surface area (Å²) in [7, 11) is 0. The first kappa shape index (κ1) is 18.4. The second-order valence-corrected chi connectivity index (χ2v) is 5.85. The molecule has 0 aliphatic rings. The summed E-state index contributed by atoms with van der Waals surface area (Å²) in [4.78, 5) is 11.9. The fourth-order valence-corrected chi connectivity index (χ4v) is 2.52. The second-order valence-electron chi connectivity index (χ2n) is 5.00. The van der Waals surface area contributed by atoms with Gasteiger partial charge in [-0.2, -0.15) is 0 Å². The molecule has 1 amide bonds. The Bertz CT molecular complexity index is 692. The van der Waals surface area contributed by atoms with Crippen LogP contribution < -0.4 is 14.8 Å². The predicted molar refractivity (Wildman–Crippen MR) is 97.4 cm³/mol. The standard InChI is InChI=1S/C18H19Cl2NO3/c1-2-23-16-6-3-4-7-17(16)24-11-5-8-18(22)21-15-10-9-13(19)12-14(15)20/h3-4,6-7,9-10,12H,2,5,8,11H2,1H3,(H,21,22). The van der Waals surface area contributed by atoms with E-state index in [1.165, 1.54) is 0 Å². The maximum atomic E-state index is 11.9. The van der Waals surface area contributed by atoms with E-state index in [0.29, 0.717) is 53.3 Å². The van der Waals surface area contributed by atoms with Gasteiger partial charge in [0.2, 0.25) is 5.91 Å². The number of hydrogen-bond acceptors (Lipinski definition) is 3. The summed E-state index contributed by atoms with van der Waals surface area (Å²) in [5.74, 6) is 1.26. The van der Waals surface area contributed by atoms with Crippen LogP contribution in [0, 0.1) is 0 Å². The number of rotatable bonds is 8. The molecular weight excluding hydrogens is 349 g/mol. The van der Waals surface area contributed by atoms with Crippen molar-refractivity contribution >= 4 is 34.8 Å². The second kappa shape index (κ2) is 9.40. The molecule has 1 N–H and O–H groups in total. The third-order valence-electron chi connectivity index (χ3n) is 3.16. The zero-order chi connectivity index (χ0) is 17.4. The van der Waals surface area contributed by atoms with Crippen LogP contribution >= 0.6 is 23.2 Å². The van der Waals surface area contributed by atoms with Crippen LogP contribution in [0.25, 0.3) is 0 Å². The van der Waals surface area contributed by atoms with Crippen LogP contribution in [0.3, 0.4) is 0 Å². The number of ether oxygens (including phenoxy) is 2. The maximum absolute atomic E-state index is 11.9. The van der Waals surface area contributed by atoms with E-state index in [1.807, 2.05) is 31.2 Å². The molecule has 0 aliphatic heterocycles. The van der Waals surface area contributed by atoms with E-state index < -0.39 is 0 Å². The molecule has 0 aromatic heterocycles. The molecule has 0 fully saturated rings. The SMILES string of the molecule is CCOc1ccccc1OCCCC(=O)Nc1ccc(Cl)cc1Cl. The lowest BCUT2D eigenvalue weighted by Crippen LogP contribution is -2.13. The van der Waals surface area contributed by atoms with E-state index in [4.69, 9.17) is 32.7 Å². The van der Waals surface area contributed by atoms with Gasteiger partial charge in [-0.15, -0.1) is 0 Å². The average molecular weight is 368 g/mol. The fourth-order valence-electron chi connectivity index (χ4n) is 2.06. The van der Waals surface area contributed by atoms with E-state index >= 15 is 0 Å². The highest BCUT2D eigenvalue weighted by molar-refractivity contribution is 6.36. The van der Waals surface area contributed by atoms with Crippen molar-refractivity contribution in [1.82, 2.24) is 0 Å². The molecular formula is C18H19Cl2NO3. The molecule has 128 valence electrons. The van der Waals surface area contributed by atoms with Gasteiger partial charge in [0.25, 0.3) is 0 Å². The lowest BCUT2D eigenvalue weighted by molar-refractivity contribution is -0.116. The number of carbonyl (C=O) groups excluding carboxylic acids is 1. The van der Waals surface area contributed by atoms with E-state index in [2.05, 4.69) is 5.32 Å². The van der Waals surface area contributed by atoms with Gasteiger partial charge in [0.05, 0.1) is 23.9 Å². The summed E-state index contributed by atoms with van der Waals surface area (Å²) in [5.41, 5.74) is 0.550. The Morgan fingerprint density at radius 2 is 1.79 bits per heavy atom. The van der Waals surface area contributed by atoms with Crippen LogP contribution in [0.15, 0.2) is 42.5 Å². The van der Waals surface area contributed by atoms with Crippen molar-refractivity contribution in [1.29, 1.82) is 0 Å². The third-order valence-corrected chi connectivity index (χ3v) is 3.71. The van der Waals surface area contributed by atoms with E-state index in [9.17, 15) is 4.79 Å². The summed E-state index contributed by atoms with van der Waals surface area (Å²) in [5, 5.41) is 3.70. The molecule has 0 bridgehead atoms. The van der Waals surface area contributed by atoms with Crippen LogP contribution in [0.2, 0.25) is 10.0 Å². The van der Waals surface area contributed by atoms with E-state index in [-0.39, 0.29) is 5.91 Å². The number of nitrogens with one attached hydrogen (secondary N) is 1. The van der Waals surface area contributed by atoms with Gasteiger partial charge in [-0.25, -0.2) is 0 Å². The topological polar surface area (TPSA) is 47.6 Å². The van der Waals surface area contributed by atoms with Crippen molar-refractivity contribution in [2.75, 3.05) is 18.5 Å². The highest BCUT2D eigenvalue weighted by Gasteiger charge is 2.07. The first-order valence-electron chi connectivity index (χ1n) is 7.69. The molecule has 0 atom stereocenters. The molecule has 6 heteroatoms. The van der Waals surface area contributed by atoms with Crippen molar-refractivity contribution in [2.45, 2.75) is 19.8 Å². The highest BCUT2D eigenvalue weighted by Crippen LogP contribution is 2.27. The highest BCUT2D eigenvalue weighted by atomic mass is 35.5. The quantitative estimate of drug-likeness (QED) is 0.653. The Labute approximate surface area is 151 Å². The van der Waals surface area contributed by atoms with Crippen molar-refractivity contribution in [3.05, 3.63) is 52.5 Å². The minimum absolute atomic E-state index is 0.124. The lowest BCUT2D eigenvalue weighted by Gasteiger charge is -2.11. The molecule has 0 saturated heterocycles. The Morgan fingerprint density at radius 3 is 2.46 bits per heavy atom.